The van der Waals surface area contributed by atoms with Crippen molar-refractivity contribution in [2.45, 2.75) is 58.7 Å². The minimum atomic E-state index is -0.376. The second kappa shape index (κ2) is 11.4. The number of carbonyl (C=O) groups is 1. The Balaban J connectivity index is 1.56. The van der Waals surface area contributed by atoms with Crippen molar-refractivity contribution in [1.29, 1.82) is 0 Å². The number of hydrogen-bond donors (Lipinski definition) is 0. The van der Waals surface area contributed by atoms with Crippen molar-refractivity contribution < 1.29 is 9.53 Å². The summed E-state index contributed by atoms with van der Waals surface area (Å²) in [5.74, 6) is 0.784. The maximum atomic E-state index is 14.1. The molecule has 0 radical (unpaired) electrons. The number of aromatic nitrogens is 3. The molecule has 2 aromatic heterocycles. The topological polar surface area (TPSA) is 83.8 Å². The smallest absolute Gasteiger partial charge is 0.349 e. The quantitative estimate of drug-likeness (QED) is 0.482. The van der Waals surface area contributed by atoms with Crippen LogP contribution in [0.2, 0.25) is 0 Å². The Morgan fingerprint density at radius 2 is 1.67 bits per heavy atom. The summed E-state index contributed by atoms with van der Waals surface area (Å²) in [4.78, 5) is 43.0. The second-order valence-corrected chi connectivity index (χ2v) is 10.8. The second-order valence-electron chi connectivity index (χ2n) is 10.8. The molecule has 2 fully saturated rings. The highest BCUT2D eigenvalue weighted by atomic mass is 16.5. The lowest BCUT2D eigenvalue weighted by atomic mass is 9.94. The van der Waals surface area contributed by atoms with Crippen LogP contribution >= 0.6 is 0 Å². The normalized spacial score (nSPS) is 21.4. The largest absolute Gasteiger partial charge is 0.378 e. The number of carbonyl (C=O) groups excluding carboxylic acids is 1. The lowest BCUT2D eigenvalue weighted by Crippen LogP contribution is -2.61. The Morgan fingerprint density at radius 3 is 2.33 bits per heavy atom. The molecule has 2 aliphatic heterocycles. The molecule has 0 N–H and O–H groups in total. The summed E-state index contributed by atoms with van der Waals surface area (Å²) < 4.78 is 7.11. The molecular weight excluding hydrogens is 492 g/mol. The number of aryl methyl sites for hydroxylation is 3. The minimum Gasteiger partial charge on any atom is -0.378 e. The van der Waals surface area contributed by atoms with Crippen molar-refractivity contribution >= 4 is 22.8 Å². The number of fused-ring (bicyclic) bond motifs is 1. The van der Waals surface area contributed by atoms with Gasteiger partial charge in [0.15, 0.2) is 5.82 Å². The molecule has 3 atom stereocenters. The van der Waals surface area contributed by atoms with Crippen LogP contribution in [-0.4, -0.2) is 81.7 Å². The molecule has 0 saturated carbocycles. The molecule has 39 heavy (non-hydrogen) atoms. The van der Waals surface area contributed by atoms with Gasteiger partial charge in [-0.25, -0.2) is 9.78 Å². The summed E-state index contributed by atoms with van der Waals surface area (Å²) in [6.45, 7) is 12.1. The molecule has 2 saturated heterocycles. The molecule has 208 valence electrons. The molecule has 5 rings (SSSR count). The first-order valence-corrected chi connectivity index (χ1v) is 14.1. The first kappa shape index (κ1) is 27.3. The Morgan fingerprint density at radius 1 is 0.974 bits per heavy atom. The SMILES string of the molecule is CC[C@H]1CN(C(C(=O)N2CCOCC2)c2ccc(C)cc2)[C@H](CC)CN1c1nc(=O)n(C)c2ccc(C)nc12. The monoisotopic (exact) mass is 532 g/mol. The molecule has 3 aromatic rings. The van der Waals surface area contributed by atoms with E-state index in [2.05, 4.69) is 59.8 Å². The first-order valence-electron chi connectivity index (χ1n) is 14.1. The number of amides is 1. The van der Waals surface area contributed by atoms with Crippen molar-refractivity contribution in [2.24, 2.45) is 7.05 Å². The van der Waals surface area contributed by atoms with Crippen LogP contribution in [0.3, 0.4) is 0 Å². The fourth-order valence-corrected chi connectivity index (χ4v) is 5.95. The molecular formula is C30H40N6O3. The van der Waals surface area contributed by atoms with E-state index in [1.165, 1.54) is 5.56 Å². The fourth-order valence-electron chi connectivity index (χ4n) is 5.95. The Hall–Kier alpha value is -3.30. The standard InChI is InChI=1S/C30H40N6O3/c1-6-23-19-36(28-26-25(13-10-21(4)31-26)33(5)30(38)32-28)24(7-2)18-35(23)27(22-11-8-20(3)9-12-22)29(37)34-14-16-39-17-15-34/h8-13,23-24,27H,6-7,14-19H2,1-5H3/t23-,24+,27?/m1/s1. The molecule has 2 aliphatic rings. The van der Waals surface area contributed by atoms with Gasteiger partial charge in [0, 0.05) is 51.0 Å². The molecule has 0 aliphatic carbocycles. The van der Waals surface area contributed by atoms with Gasteiger partial charge in [-0.3, -0.25) is 14.3 Å². The number of morpholine rings is 1. The van der Waals surface area contributed by atoms with E-state index in [9.17, 15) is 9.59 Å². The van der Waals surface area contributed by atoms with E-state index in [1.54, 1.807) is 11.6 Å². The van der Waals surface area contributed by atoms with Crippen molar-refractivity contribution in [3.8, 4) is 0 Å². The third kappa shape index (κ3) is 5.30. The maximum Gasteiger partial charge on any atom is 0.349 e. The lowest BCUT2D eigenvalue weighted by molar-refractivity contribution is -0.143. The van der Waals surface area contributed by atoms with Gasteiger partial charge in [0.25, 0.3) is 0 Å². The maximum absolute atomic E-state index is 14.1. The van der Waals surface area contributed by atoms with Gasteiger partial charge in [0.05, 0.1) is 18.7 Å². The van der Waals surface area contributed by atoms with Crippen LogP contribution in [0, 0.1) is 13.8 Å². The van der Waals surface area contributed by atoms with E-state index in [-0.39, 0.29) is 29.7 Å². The molecule has 9 nitrogen and oxygen atoms in total. The third-order valence-corrected chi connectivity index (χ3v) is 8.31. The molecule has 4 heterocycles. The van der Waals surface area contributed by atoms with Gasteiger partial charge in [-0.2, -0.15) is 4.98 Å². The minimum absolute atomic E-state index is 0.0726. The van der Waals surface area contributed by atoms with Crippen LogP contribution < -0.4 is 10.6 Å². The van der Waals surface area contributed by atoms with Crippen molar-refractivity contribution in [3.63, 3.8) is 0 Å². The number of ether oxygens (including phenoxy) is 1. The summed E-state index contributed by atoms with van der Waals surface area (Å²) in [5, 5.41) is 0. The number of nitrogens with zero attached hydrogens (tertiary/aromatic N) is 6. The molecule has 0 bridgehead atoms. The van der Waals surface area contributed by atoms with Gasteiger partial charge in [0.2, 0.25) is 5.91 Å². The van der Waals surface area contributed by atoms with Crippen molar-refractivity contribution in [3.05, 3.63) is 63.7 Å². The average molecular weight is 533 g/mol. The van der Waals surface area contributed by atoms with Gasteiger partial charge in [-0.15, -0.1) is 0 Å². The van der Waals surface area contributed by atoms with Crippen LogP contribution in [0.4, 0.5) is 5.82 Å². The molecule has 1 amide bonds. The predicted molar refractivity (Wildman–Crippen MR) is 153 cm³/mol. The average Bonchev–Trinajstić information content (AvgIpc) is 2.96. The molecule has 0 spiro atoms. The number of hydrogen-bond acceptors (Lipinski definition) is 7. The lowest BCUT2D eigenvalue weighted by Gasteiger charge is -2.50. The Bertz CT molecular complexity index is 1380. The van der Waals surface area contributed by atoms with E-state index in [0.29, 0.717) is 45.2 Å². The van der Waals surface area contributed by atoms with E-state index in [4.69, 9.17) is 9.72 Å². The van der Waals surface area contributed by atoms with Crippen LogP contribution in [0.5, 0.6) is 0 Å². The highest BCUT2D eigenvalue weighted by molar-refractivity contribution is 5.86. The van der Waals surface area contributed by atoms with Crippen LogP contribution in [-0.2, 0) is 16.6 Å². The molecule has 1 aromatic carbocycles. The molecule has 1 unspecified atom stereocenters. The van der Waals surface area contributed by atoms with Gasteiger partial charge < -0.3 is 14.5 Å². The highest BCUT2D eigenvalue weighted by Crippen LogP contribution is 2.35. The van der Waals surface area contributed by atoms with Crippen LogP contribution in [0.15, 0.2) is 41.2 Å². The van der Waals surface area contributed by atoms with E-state index in [0.717, 1.165) is 35.1 Å². The summed E-state index contributed by atoms with van der Waals surface area (Å²) in [6, 6.07) is 12.0. The van der Waals surface area contributed by atoms with E-state index >= 15 is 0 Å². The highest BCUT2D eigenvalue weighted by Gasteiger charge is 2.42. The first-order chi connectivity index (χ1) is 18.8. The zero-order valence-corrected chi connectivity index (χ0v) is 23.8. The number of rotatable bonds is 6. The van der Waals surface area contributed by atoms with Gasteiger partial charge in [-0.05, 0) is 44.4 Å². The van der Waals surface area contributed by atoms with E-state index < -0.39 is 0 Å². The van der Waals surface area contributed by atoms with E-state index in [1.807, 2.05) is 24.0 Å². The van der Waals surface area contributed by atoms with Gasteiger partial charge in [0.1, 0.15) is 11.6 Å². The number of anilines is 1. The van der Waals surface area contributed by atoms with Gasteiger partial charge >= 0.3 is 5.69 Å². The van der Waals surface area contributed by atoms with Crippen molar-refractivity contribution in [2.75, 3.05) is 44.3 Å². The fraction of sp³-hybridized carbons (Fsp3) is 0.533. The van der Waals surface area contributed by atoms with Crippen LogP contribution in [0.1, 0.15) is 49.6 Å². The third-order valence-electron chi connectivity index (χ3n) is 8.31. The summed E-state index contributed by atoms with van der Waals surface area (Å²) in [7, 11) is 1.74. The predicted octanol–water partition coefficient (Wildman–Crippen LogP) is 3.22. The number of pyridine rings is 1. The van der Waals surface area contributed by atoms with Gasteiger partial charge in [-0.1, -0.05) is 43.7 Å². The summed E-state index contributed by atoms with van der Waals surface area (Å²) in [6.07, 6.45) is 1.71. The summed E-state index contributed by atoms with van der Waals surface area (Å²) in [5.41, 5.74) is 4.32. The Labute approximate surface area is 230 Å². The zero-order valence-electron chi connectivity index (χ0n) is 23.8. The number of piperazine rings is 1. The number of benzene rings is 1. The van der Waals surface area contributed by atoms with Crippen LogP contribution in [0.25, 0.3) is 11.0 Å². The van der Waals surface area contributed by atoms with Crippen molar-refractivity contribution in [1.82, 2.24) is 24.3 Å². The zero-order chi connectivity index (χ0) is 27.7. The summed E-state index contributed by atoms with van der Waals surface area (Å²) >= 11 is 0. The molecule has 9 heteroatoms. The Kier molecular flexibility index (Phi) is 8.00.